The van der Waals surface area contributed by atoms with Gasteiger partial charge in [-0.3, -0.25) is 10.1 Å². The van der Waals surface area contributed by atoms with Crippen LogP contribution in [0.4, 0.5) is 18.9 Å². The highest BCUT2D eigenvalue weighted by Crippen LogP contribution is 2.44. The van der Waals surface area contributed by atoms with E-state index in [0.717, 1.165) is 30.3 Å². The lowest BCUT2D eigenvalue weighted by Crippen LogP contribution is -2.43. The summed E-state index contributed by atoms with van der Waals surface area (Å²) in [4.78, 5) is 9.95. The number of hydrogen-bond donors (Lipinski definition) is 1. The van der Waals surface area contributed by atoms with Crippen molar-refractivity contribution in [2.75, 3.05) is 0 Å². The van der Waals surface area contributed by atoms with Gasteiger partial charge in [-0.2, -0.15) is 13.2 Å². The van der Waals surface area contributed by atoms with Crippen LogP contribution in [0.5, 0.6) is 0 Å². The minimum Gasteiger partial charge on any atom is -0.372 e. The molecular weight excluding hydrogens is 299 g/mol. The Morgan fingerprint density at radius 2 is 1.59 bits per heavy atom. The average Bonchev–Trinajstić information content (AvgIpc) is 2.45. The first kappa shape index (κ1) is 16.0. The molecule has 0 amide bonds. The Hall–Kier alpha value is -2.41. The highest BCUT2D eigenvalue weighted by Gasteiger charge is 2.56. The van der Waals surface area contributed by atoms with Crippen LogP contribution in [0.3, 0.4) is 0 Å². The minimum absolute atomic E-state index is 0.388. The predicted molar refractivity (Wildman–Crippen MR) is 73.3 cm³/mol. The van der Waals surface area contributed by atoms with E-state index in [4.69, 9.17) is 0 Å². The maximum Gasteiger partial charge on any atom is 0.425 e. The van der Waals surface area contributed by atoms with Crippen molar-refractivity contribution >= 4 is 5.69 Å². The summed E-state index contributed by atoms with van der Waals surface area (Å²) in [6.45, 7) is 1.59. The molecule has 2 aromatic carbocycles. The van der Waals surface area contributed by atoms with E-state index in [1.807, 2.05) is 0 Å². The van der Waals surface area contributed by atoms with Crippen molar-refractivity contribution in [2.45, 2.75) is 18.7 Å². The van der Waals surface area contributed by atoms with E-state index in [1.54, 1.807) is 13.0 Å². The van der Waals surface area contributed by atoms with Gasteiger partial charge in [0.05, 0.1) is 4.92 Å². The molecule has 4 nitrogen and oxygen atoms in total. The summed E-state index contributed by atoms with van der Waals surface area (Å²) in [5, 5.41) is 21.1. The first-order valence-electron chi connectivity index (χ1n) is 6.27. The Bertz CT molecular complexity index is 715. The maximum atomic E-state index is 13.5. The van der Waals surface area contributed by atoms with Crippen LogP contribution in [0.15, 0.2) is 48.5 Å². The summed E-state index contributed by atoms with van der Waals surface area (Å²) in [7, 11) is 0. The minimum atomic E-state index is -5.03. The number of rotatable bonds is 3. The molecule has 0 spiro atoms. The number of benzene rings is 2. The van der Waals surface area contributed by atoms with E-state index in [2.05, 4.69) is 0 Å². The number of nitrogens with zero attached hydrogens (tertiary/aromatic N) is 1. The fourth-order valence-corrected chi connectivity index (χ4v) is 2.21. The molecule has 0 aliphatic rings. The fraction of sp³-hybridized carbons (Fsp3) is 0.200. The zero-order valence-corrected chi connectivity index (χ0v) is 11.5. The molecule has 2 rings (SSSR count). The van der Waals surface area contributed by atoms with Gasteiger partial charge >= 0.3 is 6.18 Å². The number of hydrogen-bond acceptors (Lipinski definition) is 3. The number of nitro groups is 1. The van der Waals surface area contributed by atoms with Gasteiger partial charge in [0.1, 0.15) is 0 Å². The lowest BCUT2D eigenvalue weighted by Gasteiger charge is -2.31. The summed E-state index contributed by atoms with van der Waals surface area (Å²) >= 11 is 0. The first-order valence-corrected chi connectivity index (χ1v) is 6.27. The van der Waals surface area contributed by atoms with Crippen molar-refractivity contribution in [3.63, 3.8) is 0 Å². The standard InChI is InChI=1S/C15H12F3NO3/c1-10-4-2-5-11(8-10)14(20,15(16,17)18)12-6-3-7-13(9-12)19(21)22/h2-9,20H,1H3. The van der Waals surface area contributed by atoms with Gasteiger partial charge in [0.2, 0.25) is 5.60 Å². The summed E-state index contributed by atoms with van der Waals surface area (Å²) in [6.07, 6.45) is -5.03. The Labute approximate surface area is 124 Å². The smallest absolute Gasteiger partial charge is 0.372 e. The monoisotopic (exact) mass is 311 g/mol. The van der Waals surface area contributed by atoms with Crippen LogP contribution in [-0.2, 0) is 5.60 Å². The summed E-state index contributed by atoms with van der Waals surface area (Å²) in [5.74, 6) is 0. The van der Waals surface area contributed by atoms with Gasteiger partial charge in [-0.15, -0.1) is 0 Å². The van der Waals surface area contributed by atoms with Gasteiger partial charge in [-0.05, 0) is 12.5 Å². The Balaban J connectivity index is 2.71. The zero-order valence-electron chi connectivity index (χ0n) is 11.5. The van der Waals surface area contributed by atoms with E-state index >= 15 is 0 Å². The molecule has 116 valence electrons. The third-order valence-electron chi connectivity index (χ3n) is 3.32. The lowest BCUT2D eigenvalue weighted by molar-refractivity contribution is -0.385. The highest BCUT2D eigenvalue weighted by molar-refractivity contribution is 5.44. The van der Waals surface area contributed by atoms with E-state index in [0.29, 0.717) is 5.56 Å². The second-order valence-electron chi connectivity index (χ2n) is 4.89. The van der Waals surface area contributed by atoms with E-state index in [1.165, 1.54) is 12.1 Å². The quantitative estimate of drug-likeness (QED) is 0.694. The molecule has 0 aromatic heterocycles. The van der Waals surface area contributed by atoms with Crippen molar-refractivity contribution < 1.29 is 23.2 Å². The molecular formula is C15H12F3NO3. The molecule has 0 saturated carbocycles. The van der Waals surface area contributed by atoms with Crippen molar-refractivity contribution in [1.82, 2.24) is 0 Å². The number of alkyl halides is 3. The number of nitro benzene ring substituents is 1. The van der Waals surface area contributed by atoms with Gasteiger partial charge in [-0.25, -0.2) is 0 Å². The van der Waals surface area contributed by atoms with Gasteiger partial charge < -0.3 is 5.11 Å². The molecule has 0 aliphatic carbocycles. The van der Waals surface area contributed by atoms with Gasteiger partial charge in [0.25, 0.3) is 5.69 Å². The molecule has 0 radical (unpaired) electrons. The second kappa shape index (κ2) is 5.42. The topological polar surface area (TPSA) is 63.4 Å². The third-order valence-corrected chi connectivity index (χ3v) is 3.32. The van der Waals surface area contributed by atoms with Crippen LogP contribution in [0, 0.1) is 17.0 Å². The SMILES string of the molecule is Cc1cccc(C(O)(c2cccc([N+](=O)[O-])c2)C(F)(F)F)c1. The van der Waals surface area contributed by atoms with Crippen molar-refractivity contribution in [3.8, 4) is 0 Å². The van der Waals surface area contributed by atoms with Crippen LogP contribution in [0.2, 0.25) is 0 Å². The molecule has 1 unspecified atom stereocenters. The number of aryl methyl sites for hydroxylation is 1. The fourth-order valence-electron chi connectivity index (χ4n) is 2.21. The van der Waals surface area contributed by atoms with Gasteiger partial charge in [0, 0.05) is 17.7 Å². The molecule has 0 bridgehead atoms. The van der Waals surface area contributed by atoms with Crippen molar-refractivity contribution in [2.24, 2.45) is 0 Å². The predicted octanol–water partition coefficient (Wildman–Crippen LogP) is 3.70. The normalized spacial score (nSPS) is 14.4. The zero-order chi connectivity index (χ0) is 16.5. The van der Waals surface area contributed by atoms with Gasteiger partial charge in [0.15, 0.2) is 0 Å². The summed E-state index contributed by atoms with van der Waals surface area (Å²) in [6, 6.07) is 9.24. The maximum absolute atomic E-state index is 13.5. The number of aliphatic hydroxyl groups is 1. The Kier molecular flexibility index (Phi) is 3.93. The molecule has 0 aliphatic heterocycles. The first-order chi connectivity index (χ1) is 10.2. The average molecular weight is 311 g/mol. The second-order valence-corrected chi connectivity index (χ2v) is 4.89. The molecule has 0 fully saturated rings. The molecule has 2 aromatic rings. The summed E-state index contributed by atoms with van der Waals surface area (Å²) < 4.78 is 40.6. The van der Waals surface area contributed by atoms with Crippen LogP contribution >= 0.6 is 0 Å². The molecule has 1 N–H and O–H groups in total. The van der Waals surface area contributed by atoms with Crippen LogP contribution in [-0.4, -0.2) is 16.2 Å². The van der Waals surface area contributed by atoms with Crippen molar-refractivity contribution in [1.29, 1.82) is 0 Å². The molecule has 22 heavy (non-hydrogen) atoms. The lowest BCUT2D eigenvalue weighted by atomic mass is 9.85. The van der Waals surface area contributed by atoms with E-state index in [-0.39, 0.29) is 5.56 Å². The molecule has 0 saturated heterocycles. The Morgan fingerprint density at radius 1 is 1.05 bits per heavy atom. The number of non-ortho nitro benzene ring substituents is 1. The Morgan fingerprint density at radius 3 is 2.09 bits per heavy atom. The number of halogens is 3. The molecule has 0 heterocycles. The van der Waals surface area contributed by atoms with Crippen molar-refractivity contribution in [3.05, 3.63) is 75.3 Å². The van der Waals surface area contributed by atoms with E-state index in [9.17, 15) is 28.4 Å². The molecule has 1 atom stereocenters. The molecule has 7 heteroatoms. The van der Waals surface area contributed by atoms with Crippen LogP contribution in [0.1, 0.15) is 16.7 Å². The third kappa shape index (κ3) is 2.67. The van der Waals surface area contributed by atoms with E-state index < -0.39 is 28.0 Å². The van der Waals surface area contributed by atoms with Crippen LogP contribution in [0.25, 0.3) is 0 Å². The highest BCUT2D eigenvalue weighted by atomic mass is 19.4. The van der Waals surface area contributed by atoms with Crippen LogP contribution < -0.4 is 0 Å². The van der Waals surface area contributed by atoms with Gasteiger partial charge in [-0.1, -0.05) is 42.0 Å². The largest absolute Gasteiger partial charge is 0.425 e. The summed E-state index contributed by atoms with van der Waals surface area (Å²) in [5.41, 5.74) is -4.29.